The highest BCUT2D eigenvalue weighted by Gasteiger charge is 2.24. The summed E-state index contributed by atoms with van der Waals surface area (Å²) in [4.78, 5) is 1.04. The van der Waals surface area contributed by atoms with Gasteiger partial charge in [0.15, 0.2) is 0 Å². The molecule has 0 saturated heterocycles. The highest BCUT2D eigenvalue weighted by atomic mass is 32.2. The van der Waals surface area contributed by atoms with Gasteiger partial charge in [0.1, 0.15) is 4.21 Å². The average molecular weight is 302 g/mol. The number of hydrogen-bond donors (Lipinski definition) is 2. The predicted octanol–water partition coefficient (Wildman–Crippen LogP) is 2.18. The zero-order valence-electron chi connectivity index (χ0n) is 11.5. The van der Waals surface area contributed by atoms with Gasteiger partial charge in [0.2, 0.25) is 10.0 Å². The number of thiophene rings is 1. The van der Waals surface area contributed by atoms with Gasteiger partial charge in [-0.05, 0) is 43.9 Å². The van der Waals surface area contributed by atoms with Crippen LogP contribution in [0.3, 0.4) is 0 Å². The molecular weight excluding hydrogens is 280 g/mol. The molecule has 0 bridgehead atoms. The molecule has 0 aromatic carbocycles. The van der Waals surface area contributed by atoms with E-state index in [0.29, 0.717) is 23.2 Å². The van der Waals surface area contributed by atoms with E-state index in [4.69, 9.17) is 0 Å². The quantitative estimate of drug-likeness (QED) is 0.847. The highest BCUT2D eigenvalue weighted by molar-refractivity contribution is 7.91. The molecule has 0 aliphatic heterocycles. The Hall–Kier alpha value is -0.430. The Balaban J connectivity index is 1.93. The fourth-order valence-corrected chi connectivity index (χ4v) is 5.11. The van der Waals surface area contributed by atoms with Crippen molar-refractivity contribution in [2.75, 3.05) is 13.6 Å². The van der Waals surface area contributed by atoms with Gasteiger partial charge in [-0.3, -0.25) is 0 Å². The lowest BCUT2D eigenvalue weighted by Crippen LogP contribution is -2.28. The number of hydrogen-bond acceptors (Lipinski definition) is 4. The molecule has 0 amide bonds. The van der Waals surface area contributed by atoms with Gasteiger partial charge < -0.3 is 5.32 Å². The van der Waals surface area contributed by atoms with Gasteiger partial charge >= 0.3 is 0 Å². The van der Waals surface area contributed by atoms with Crippen molar-refractivity contribution < 1.29 is 8.42 Å². The molecule has 1 fully saturated rings. The first-order valence-corrected chi connectivity index (χ1v) is 9.04. The molecule has 1 aliphatic carbocycles. The van der Waals surface area contributed by atoms with E-state index in [-0.39, 0.29) is 0 Å². The van der Waals surface area contributed by atoms with E-state index in [9.17, 15) is 8.42 Å². The van der Waals surface area contributed by atoms with Gasteiger partial charge in [0.25, 0.3) is 0 Å². The van der Waals surface area contributed by atoms with E-state index in [1.165, 1.54) is 17.8 Å². The molecule has 6 heteroatoms. The van der Waals surface area contributed by atoms with Crippen molar-refractivity contribution in [3.05, 3.63) is 17.0 Å². The largest absolute Gasteiger partial charge is 0.315 e. The van der Waals surface area contributed by atoms with Gasteiger partial charge in [0.05, 0.1) is 0 Å². The molecule has 108 valence electrons. The lowest BCUT2D eigenvalue weighted by molar-refractivity contribution is 0.499. The van der Waals surface area contributed by atoms with Crippen LogP contribution in [0.1, 0.15) is 31.1 Å². The van der Waals surface area contributed by atoms with Crippen molar-refractivity contribution >= 4 is 21.4 Å². The maximum atomic E-state index is 12.2. The van der Waals surface area contributed by atoms with E-state index in [0.717, 1.165) is 23.6 Å². The third-order valence-corrected chi connectivity index (χ3v) is 6.62. The fourth-order valence-electron chi connectivity index (χ4n) is 2.58. The van der Waals surface area contributed by atoms with E-state index in [1.807, 2.05) is 13.1 Å². The zero-order chi connectivity index (χ0) is 13.9. The molecule has 1 aliphatic rings. The SMILES string of the molecule is CNCc1ccc(S(=O)(=O)NCC2CCC(C)C2)s1. The molecule has 1 saturated carbocycles. The molecule has 1 aromatic rings. The standard InChI is InChI=1S/C13H22N2O2S2/c1-10-3-4-11(7-10)8-15-19(16,17)13-6-5-12(18-13)9-14-2/h5-6,10-11,14-15H,3-4,7-9H2,1-2H3. The number of rotatable bonds is 6. The minimum absolute atomic E-state index is 0.420. The number of nitrogens with one attached hydrogen (secondary N) is 2. The van der Waals surface area contributed by atoms with Crippen LogP contribution in [-0.4, -0.2) is 22.0 Å². The monoisotopic (exact) mass is 302 g/mol. The van der Waals surface area contributed by atoms with Crippen LogP contribution in [0.4, 0.5) is 0 Å². The summed E-state index contributed by atoms with van der Waals surface area (Å²) >= 11 is 1.33. The Morgan fingerprint density at radius 1 is 1.37 bits per heavy atom. The Kier molecular flexibility index (Phi) is 5.00. The Morgan fingerprint density at radius 2 is 2.16 bits per heavy atom. The normalized spacial score (nSPS) is 23.9. The molecule has 19 heavy (non-hydrogen) atoms. The molecule has 0 radical (unpaired) electrons. The molecular formula is C13H22N2O2S2. The van der Waals surface area contributed by atoms with Crippen molar-refractivity contribution in [1.29, 1.82) is 0 Å². The lowest BCUT2D eigenvalue weighted by atomic mass is 10.1. The van der Waals surface area contributed by atoms with Crippen LogP contribution < -0.4 is 10.0 Å². The first-order valence-electron chi connectivity index (χ1n) is 6.74. The van der Waals surface area contributed by atoms with Crippen LogP contribution in [0.2, 0.25) is 0 Å². The molecule has 1 heterocycles. The molecule has 1 aromatic heterocycles. The van der Waals surface area contributed by atoms with Gasteiger partial charge in [0, 0.05) is 18.0 Å². The van der Waals surface area contributed by atoms with Crippen LogP contribution in [0.5, 0.6) is 0 Å². The van der Waals surface area contributed by atoms with Gasteiger partial charge in [-0.1, -0.05) is 13.3 Å². The summed E-state index contributed by atoms with van der Waals surface area (Å²) in [5.41, 5.74) is 0. The third-order valence-electron chi connectivity index (χ3n) is 3.62. The molecule has 2 unspecified atom stereocenters. The van der Waals surface area contributed by atoms with Crippen LogP contribution >= 0.6 is 11.3 Å². The summed E-state index contributed by atoms with van der Waals surface area (Å²) < 4.78 is 27.5. The summed E-state index contributed by atoms with van der Waals surface area (Å²) in [6, 6.07) is 3.56. The van der Waals surface area contributed by atoms with E-state index in [2.05, 4.69) is 17.0 Å². The van der Waals surface area contributed by atoms with E-state index in [1.54, 1.807) is 6.07 Å². The van der Waals surface area contributed by atoms with Crippen molar-refractivity contribution in [3.8, 4) is 0 Å². The first kappa shape index (κ1) is 15.0. The topological polar surface area (TPSA) is 58.2 Å². The Bertz CT molecular complexity index is 510. The summed E-state index contributed by atoms with van der Waals surface area (Å²) in [5.74, 6) is 1.24. The van der Waals surface area contributed by atoms with Gasteiger partial charge in [-0.2, -0.15) is 0 Å². The Labute approximate surface area is 119 Å². The van der Waals surface area contributed by atoms with E-state index >= 15 is 0 Å². The van der Waals surface area contributed by atoms with Gasteiger partial charge in [-0.25, -0.2) is 13.1 Å². The fraction of sp³-hybridized carbons (Fsp3) is 0.692. The van der Waals surface area contributed by atoms with Crippen LogP contribution in [0, 0.1) is 11.8 Å². The van der Waals surface area contributed by atoms with Gasteiger partial charge in [-0.15, -0.1) is 11.3 Å². The molecule has 2 N–H and O–H groups in total. The highest BCUT2D eigenvalue weighted by Crippen LogP contribution is 2.30. The zero-order valence-corrected chi connectivity index (χ0v) is 13.1. The Morgan fingerprint density at radius 3 is 2.79 bits per heavy atom. The maximum absolute atomic E-state index is 12.2. The minimum Gasteiger partial charge on any atom is -0.315 e. The predicted molar refractivity (Wildman–Crippen MR) is 78.8 cm³/mol. The van der Waals surface area contributed by atoms with Crippen molar-refractivity contribution in [3.63, 3.8) is 0 Å². The average Bonchev–Trinajstić information content (AvgIpc) is 2.97. The molecule has 2 rings (SSSR count). The summed E-state index contributed by atoms with van der Waals surface area (Å²) in [6.07, 6.45) is 3.49. The van der Waals surface area contributed by atoms with Crippen molar-refractivity contribution in [2.45, 2.75) is 36.9 Å². The second-order valence-electron chi connectivity index (χ2n) is 5.39. The minimum atomic E-state index is -3.32. The van der Waals surface area contributed by atoms with Crippen molar-refractivity contribution in [1.82, 2.24) is 10.0 Å². The summed E-state index contributed by atoms with van der Waals surface area (Å²) in [7, 11) is -1.47. The van der Waals surface area contributed by atoms with Crippen LogP contribution in [0.25, 0.3) is 0 Å². The van der Waals surface area contributed by atoms with Crippen molar-refractivity contribution in [2.24, 2.45) is 11.8 Å². The van der Waals surface area contributed by atoms with E-state index < -0.39 is 10.0 Å². The van der Waals surface area contributed by atoms with Crippen LogP contribution in [0.15, 0.2) is 16.3 Å². The van der Waals surface area contributed by atoms with Crippen LogP contribution in [-0.2, 0) is 16.6 Å². The maximum Gasteiger partial charge on any atom is 0.250 e. The second kappa shape index (κ2) is 6.35. The summed E-state index contributed by atoms with van der Waals surface area (Å²) in [6.45, 7) is 3.52. The smallest absolute Gasteiger partial charge is 0.250 e. The number of sulfonamides is 1. The summed E-state index contributed by atoms with van der Waals surface area (Å²) in [5, 5.41) is 3.03. The third kappa shape index (κ3) is 4.02. The molecule has 2 atom stereocenters. The molecule has 4 nitrogen and oxygen atoms in total. The lowest BCUT2D eigenvalue weighted by Gasteiger charge is -2.10. The second-order valence-corrected chi connectivity index (χ2v) is 8.55. The first-order chi connectivity index (χ1) is 9.01. The molecule has 0 spiro atoms.